The van der Waals surface area contributed by atoms with Crippen LogP contribution >= 0.6 is 0 Å². The Hall–Kier alpha value is -4.40. The van der Waals surface area contributed by atoms with Crippen LogP contribution in [0.25, 0.3) is 16.7 Å². The molecule has 2 amide bonds. The molecule has 0 bridgehead atoms. The first-order chi connectivity index (χ1) is 17.4. The molecule has 4 aromatic rings. The highest BCUT2D eigenvalue weighted by atomic mass is 16.7. The Morgan fingerprint density at radius 1 is 1.03 bits per heavy atom. The predicted molar refractivity (Wildman–Crippen MR) is 135 cm³/mol. The van der Waals surface area contributed by atoms with Crippen LogP contribution in [-0.2, 0) is 9.59 Å². The van der Waals surface area contributed by atoms with Crippen molar-refractivity contribution in [3.63, 3.8) is 0 Å². The lowest BCUT2D eigenvalue weighted by atomic mass is 10.1. The number of aromatic nitrogens is 3. The Morgan fingerprint density at radius 2 is 1.86 bits per heavy atom. The first-order valence-electron chi connectivity index (χ1n) is 11.8. The molecule has 1 N–H and O–H groups in total. The molecule has 1 unspecified atom stereocenters. The van der Waals surface area contributed by atoms with Crippen molar-refractivity contribution in [2.45, 2.75) is 27.2 Å². The fourth-order valence-electron chi connectivity index (χ4n) is 4.83. The van der Waals surface area contributed by atoms with E-state index in [-0.39, 0.29) is 31.6 Å². The molecule has 6 rings (SSSR count). The topological polar surface area (TPSA) is 98.6 Å². The quantitative estimate of drug-likeness (QED) is 0.470. The van der Waals surface area contributed by atoms with Gasteiger partial charge in [-0.25, -0.2) is 4.98 Å². The van der Waals surface area contributed by atoms with Gasteiger partial charge in [-0.05, 0) is 50.1 Å². The van der Waals surface area contributed by atoms with Crippen molar-refractivity contribution in [3.05, 3.63) is 65.4 Å². The number of nitrogens with zero attached hydrogens (tertiary/aromatic N) is 4. The van der Waals surface area contributed by atoms with Gasteiger partial charge >= 0.3 is 0 Å². The maximum atomic E-state index is 13.3. The molecule has 0 aliphatic carbocycles. The Balaban J connectivity index is 1.25. The number of fused-ring (bicyclic) bond motifs is 2. The number of hydrogen-bond donors (Lipinski definition) is 1. The number of carbonyl (C=O) groups is 2. The van der Waals surface area contributed by atoms with Crippen molar-refractivity contribution in [2.75, 3.05) is 23.6 Å². The molecule has 1 atom stereocenters. The predicted octanol–water partition coefficient (Wildman–Crippen LogP) is 4.07. The van der Waals surface area contributed by atoms with Crippen LogP contribution in [0.4, 0.5) is 11.5 Å². The molecule has 1 fully saturated rings. The summed E-state index contributed by atoms with van der Waals surface area (Å²) in [5.41, 5.74) is 4.48. The molecule has 2 aromatic heterocycles. The van der Waals surface area contributed by atoms with Crippen molar-refractivity contribution in [1.29, 1.82) is 0 Å². The second-order valence-corrected chi connectivity index (χ2v) is 9.28. The number of amides is 2. The van der Waals surface area contributed by atoms with E-state index < -0.39 is 5.92 Å². The third-order valence-electron chi connectivity index (χ3n) is 6.70. The van der Waals surface area contributed by atoms with Gasteiger partial charge in [0.1, 0.15) is 5.82 Å². The van der Waals surface area contributed by atoms with Crippen molar-refractivity contribution < 1.29 is 19.1 Å². The van der Waals surface area contributed by atoms with E-state index in [2.05, 4.69) is 16.5 Å². The summed E-state index contributed by atoms with van der Waals surface area (Å²) >= 11 is 0. The van der Waals surface area contributed by atoms with Crippen LogP contribution in [0, 0.1) is 26.7 Å². The van der Waals surface area contributed by atoms with E-state index in [0.29, 0.717) is 28.8 Å². The number of benzene rings is 2. The van der Waals surface area contributed by atoms with Gasteiger partial charge in [-0.15, -0.1) is 0 Å². The van der Waals surface area contributed by atoms with Crippen LogP contribution in [-0.4, -0.2) is 39.9 Å². The minimum atomic E-state index is -0.500. The summed E-state index contributed by atoms with van der Waals surface area (Å²) in [5, 5.41) is 8.66. The van der Waals surface area contributed by atoms with Crippen LogP contribution in [0.15, 0.2) is 48.5 Å². The first kappa shape index (κ1) is 22.1. The zero-order chi connectivity index (χ0) is 25.0. The second-order valence-electron chi connectivity index (χ2n) is 9.28. The zero-order valence-corrected chi connectivity index (χ0v) is 20.2. The molecule has 2 aromatic carbocycles. The number of nitrogens with one attached hydrogen (secondary N) is 1. The van der Waals surface area contributed by atoms with Crippen LogP contribution < -0.4 is 19.7 Å². The molecule has 182 valence electrons. The van der Waals surface area contributed by atoms with Gasteiger partial charge in [0, 0.05) is 36.2 Å². The van der Waals surface area contributed by atoms with Crippen LogP contribution in [0.1, 0.15) is 23.2 Å². The van der Waals surface area contributed by atoms with Crippen molar-refractivity contribution in [3.8, 4) is 17.3 Å². The van der Waals surface area contributed by atoms with E-state index in [9.17, 15) is 9.59 Å². The first-order valence-corrected chi connectivity index (χ1v) is 11.8. The molecule has 36 heavy (non-hydrogen) atoms. The van der Waals surface area contributed by atoms with Crippen LogP contribution in [0.5, 0.6) is 11.5 Å². The largest absolute Gasteiger partial charge is 0.454 e. The summed E-state index contributed by atoms with van der Waals surface area (Å²) in [6, 6.07) is 15.2. The van der Waals surface area contributed by atoms with E-state index in [1.54, 1.807) is 27.8 Å². The molecule has 2 aliphatic heterocycles. The van der Waals surface area contributed by atoms with Gasteiger partial charge in [-0.3, -0.25) is 9.59 Å². The van der Waals surface area contributed by atoms with Gasteiger partial charge in [-0.2, -0.15) is 9.78 Å². The van der Waals surface area contributed by atoms with Crippen LogP contribution in [0.3, 0.4) is 0 Å². The normalized spacial score (nSPS) is 16.7. The average molecular weight is 484 g/mol. The minimum absolute atomic E-state index is 0.110. The van der Waals surface area contributed by atoms with Crippen molar-refractivity contribution >= 4 is 34.2 Å². The van der Waals surface area contributed by atoms with E-state index in [4.69, 9.17) is 14.5 Å². The molecular formula is C27H25N5O4. The molecular weight excluding hydrogens is 458 g/mol. The lowest BCUT2D eigenvalue weighted by Crippen LogP contribution is -2.28. The van der Waals surface area contributed by atoms with E-state index in [1.165, 1.54) is 0 Å². The Morgan fingerprint density at radius 3 is 2.72 bits per heavy atom. The van der Waals surface area contributed by atoms with Gasteiger partial charge < -0.3 is 19.7 Å². The van der Waals surface area contributed by atoms with E-state index in [0.717, 1.165) is 27.7 Å². The summed E-state index contributed by atoms with van der Waals surface area (Å²) in [6.07, 6.45) is 0.125. The standard InChI is InChI=1S/C27H25N5O4/c1-15-5-4-6-20-16(2)9-23(28-26(15)20)32-24(10-17(3)30-32)29-27(34)18-11-25(33)31(13-18)19-7-8-21-22(12-19)36-14-35-21/h4-10,12,18H,11,13-14H2,1-3H3,(H,29,34). The lowest BCUT2D eigenvalue weighted by molar-refractivity contribution is -0.122. The monoisotopic (exact) mass is 483 g/mol. The molecule has 1 saturated heterocycles. The Kier molecular flexibility index (Phi) is 5.13. The van der Waals surface area contributed by atoms with E-state index in [1.807, 2.05) is 45.0 Å². The molecule has 0 saturated carbocycles. The lowest BCUT2D eigenvalue weighted by Gasteiger charge is -2.17. The van der Waals surface area contributed by atoms with Crippen molar-refractivity contribution in [1.82, 2.24) is 14.8 Å². The number of hydrogen-bond acceptors (Lipinski definition) is 6. The number of para-hydroxylation sites is 1. The van der Waals surface area contributed by atoms with Gasteiger partial charge in [0.05, 0.1) is 17.1 Å². The number of ether oxygens (including phenoxy) is 2. The highest BCUT2D eigenvalue weighted by Gasteiger charge is 2.36. The highest BCUT2D eigenvalue weighted by molar-refractivity contribution is 6.03. The fourth-order valence-corrected chi connectivity index (χ4v) is 4.83. The average Bonchev–Trinajstić information content (AvgIpc) is 3.57. The summed E-state index contributed by atoms with van der Waals surface area (Å²) < 4.78 is 12.4. The fraction of sp³-hybridized carbons (Fsp3) is 0.259. The molecule has 4 heterocycles. The summed E-state index contributed by atoms with van der Waals surface area (Å²) in [4.78, 5) is 32.5. The molecule has 0 radical (unpaired) electrons. The number of rotatable bonds is 4. The highest BCUT2D eigenvalue weighted by Crippen LogP contribution is 2.37. The maximum Gasteiger partial charge on any atom is 0.231 e. The Bertz CT molecular complexity index is 1540. The smallest absolute Gasteiger partial charge is 0.231 e. The summed E-state index contributed by atoms with van der Waals surface area (Å²) in [6.45, 7) is 6.38. The number of pyridine rings is 1. The molecule has 0 spiro atoms. The van der Waals surface area contributed by atoms with Crippen molar-refractivity contribution in [2.24, 2.45) is 5.92 Å². The molecule has 9 nitrogen and oxygen atoms in total. The minimum Gasteiger partial charge on any atom is -0.454 e. The van der Waals surface area contributed by atoms with Gasteiger partial charge in [-0.1, -0.05) is 18.2 Å². The Labute approximate surface area is 207 Å². The zero-order valence-electron chi connectivity index (χ0n) is 20.2. The third kappa shape index (κ3) is 3.73. The third-order valence-corrected chi connectivity index (χ3v) is 6.70. The summed E-state index contributed by atoms with van der Waals surface area (Å²) in [7, 11) is 0. The molecule has 9 heteroatoms. The SMILES string of the molecule is Cc1cc(NC(=O)C2CC(=O)N(c3ccc4c(c3)OCO4)C2)n(-c2cc(C)c3cccc(C)c3n2)n1. The van der Waals surface area contributed by atoms with Gasteiger partial charge in [0.15, 0.2) is 17.3 Å². The molecule has 2 aliphatic rings. The number of anilines is 2. The number of carbonyl (C=O) groups excluding carboxylic acids is 2. The van der Waals surface area contributed by atoms with Gasteiger partial charge in [0.2, 0.25) is 18.6 Å². The van der Waals surface area contributed by atoms with Gasteiger partial charge in [0.25, 0.3) is 0 Å². The number of aryl methyl sites for hydroxylation is 3. The maximum absolute atomic E-state index is 13.3. The van der Waals surface area contributed by atoms with E-state index >= 15 is 0 Å². The summed E-state index contributed by atoms with van der Waals surface area (Å²) in [5.74, 6) is 1.55. The van der Waals surface area contributed by atoms with Crippen LogP contribution in [0.2, 0.25) is 0 Å². The second kappa shape index (κ2) is 8.37.